The van der Waals surface area contributed by atoms with Crippen LogP contribution in [0.1, 0.15) is 17.4 Å². The molecule has 0 bridgehead atoms. The number of hydrogen-bond acceptors (Lipinski definition) is 4. The fraction of sp³-hybridized carbons (Fsp3) is 0.308. The lowest BCUT2D eigenvalue weighted by molar-refractivity contribution is 0.171. The first-order valence-electron chi connectivity index (χ1n) is 5.87. The van der Waals surface area contributed by atoms with Gasteiger partial charge in [0.25, 0.3) is 0 Å². The molecule has 1 aromatic heterocycles. The summed E-state index contributed by atoms with van der Waals surface area (Å²) in [7, 11) is 1.63. The van der Waals surface area contributed by atoms with Gasteiger partial charge in [-0.2, -0.15) is 5.10 Å². The van der Waals surface area contributed by atoms with Gasteiger partial charge in [-0.25, -0.2) is 0 Å². The number of hydrogen-bond donors (Lipinski definition) is 2. The SMILES string of the molecule is COCCn1ncc(Br)c1C(O)c1cccc(N)c1. The maximum Gasteiger partial charge on any atom is 0.122 e. The van der Waals surface area contributed by atoms with Crippen LogP contribution in [0.2, 0.25) is 0 Å². The van der Waals surface area contributed by atoms with Crippen LogP contribution in [0.3, 0.4) is 0 Å². The van der Waals surface area contributed by atoms with E-state index in [-0.39, 0.29) is 0 Å². The smallest absolute Gasteiger partial charge is 0.122 e. The zero-order valence-corrected chi connectivity index (χ0v) is 12.2. The third-order valence-corrected chi connectivity index (χ3v) is 3.44. The Kier molecular flexibility index (Phi) is 4.57. The predicted molar refractivity (Wildman–Crippen MR) is 76.7 cm³/mol. The van der Waals surface area contributed by atoms with Gasteiger partial charge in [0.15, 0.2) is 0 Å². The molecule has 1 aromatic carbocycles. The third-order valence-electron chi connectivity index (χ3n) is 2.83. The van der Waals surface area contributed by atoms with Crippen LogP contribution < -0.4 is 5.73 Å². The van der Waals surface area contributed by atoms with Crippen molar-refractivity contribution in [2.75, 3.05) is 19.5 Å². The van der Waals surface area contributed by atoms with E-state index < -0.39 is 6.10 Å². The Morgan fingerprint density at radius 2 is 2.32 bits per heavy atom. The monoisotopic (exact) mass is 325 g/mol. The van der Waals surface area contributed by atoms with Gasteiger partial charge in [-0.05, 0) is 33.6 Å². The van der Waals surface area contributed by atoms with E-state index in [0.29, 0.717) is 24.5 Å². The first kappa shape index (κ1) is 14.0. The Morgan fingerprint density at radius 1 is 1.53 bits per heavy atom. The average molecular weight is 326 g/mol. The number of benzene rings is 1. The summed E-state index contributed by atoms with van der Waals surface area (Å²) in [6.45, 7) is 1.11. The zero-order chi connectivity index (χ0) is 13.8. The molecule has 0 aliphatic heterocycles. The second-order valence-electron chi connectivity index (χ2n) is 4.17. The molecule has 3 N–H and O–H groups in total. The lowest BCUT2D eigenvalue weighted by Crippen LogP contribution is -2.13. The Labute approximate surface area is 120 Å². The molecular weight excluding hydrogens is 310 g/mol. The number of nitrogens with zero attached hydrogens (tertiary/aromatic N) is 2. The van der Waals surface area contributed by atoms with Crippen molar-refractivity contribution < 1.29 is 9.84 Å². The Bertz CT molecular complexity index is 557. The molecular formula is C13H16BrN3O2. The molecule has 2 aromatic rings. The number of aliphatic hydroxyl groups excluding tert-OH is 1. The number of aliphatic hydroxyl groups is 1. The number of rotatable bonds is 5. The van der Waals surface area contributed by atoms with Crippen LogP contribution in [0.25, 0.3) is 0 Å². The maximum absolute atomic E-state index is 10.5. The Balaban J connectivity index is 2.32. The molecule has 0 amide bonds. The van der Waals surface area contributed by atoms with Crippen molar-refractivity contribution in [2.24, 2.45) is 0 Å². The zero-order valence-electron chi connectivity index (χ0n) is 10.6. The topological polar surface area (TPSA) is 73.3 Å². The second-order valence-corrected chi connectivity index (χ2v) is 5.02. The van der Waals surface area contributed by atoms with E-state index in [1.165, 1.54) is 0 Å². The quantitative estimate of drug-likeness (QED) is 0.824. The van der Waals surface area contributed by atoms with Gasteiger partial charge in [0.1, 0.15) is 6.10 Å². The van der Waals surface area contributed by atoms with Gasteiger partial charge in [-0.1, -0.05) is 12.1 Å². The molecule has 102 valence electrons. The number of methoxy groups -OCH3 is 1. The van der Waals surface area contributed by atoms with Crippen molar-refractivity contribution in [3.05, 3.63) is 46.2 Å². The molecule has 0 aliphatic rings. The predicted octanol–water partition coefficient (Wildman–Crippen LogP) is 1.96. The summed E-state index contributed by atoms with van der Waals surface area (Å²) in [5, 5.41) is 14.7. The highest BCUT2D eigenvalue weighted by Gasteiger charge is 2.19. The molecule has 6 heteroatoms. The van der Waals surface area contributed by atoms with E-state index in [1.54, 1.807) is 30.1 Å². The summed E-state index contributed by atoms with van der Waals surface area (Å²) in [6.07, 6.45) is 0.887. The fourth-order valence-corrected chi connectivity index (χ4v) is 2.40. The Hall–Kier alpha value is -1.37. The first-order chi connectivity index (χ1) is 9.13. The first-order valence-corrected chi connectivity index (χ1v) is 6.66. The van der Waals surface area contributed by atoms with Crippen molar-refractivity contribution in [3.8, 4) is 0 Å². The molecule has 0 spiro atoms. The average Bonchev–Trinajstić information content (AvgIpc) is 2.76. The summed E-state index contributed by atoms with van der Waals surface area (Å²) < 4.78 is 7.52. The standard InChI is InChI=1S/C13H16BrN3O2/c1-19-6-5-17-12(11(14)8-16-17)13(18)9-3-2-4-10(15)7-9/h2-4,7-8,13,18H,5-6,15H2,1H3. The highest BCUT2D eigenvalue weighted by Crippen LogP contribution is 2.29. The van der Waals surface area contributed by atoms with E-state index in [9.17, 15) is 5.11 Å². The van der Waals surface area contributed by atoms with E-state index >= 15 is 0 Å². The highest BCUT2D eigenvalue weighted by molar-refractivity contribution is 9.10. The van der Waals surface area contributed by atoms with Crippen LogP contribution in [-0.2, 0) is 11.3 Å². The van der Waals surface area contributed by atoms with E-state index in [2.05, 4.69) is 21.0 Å². The number of ether oxygens (including phenoxy) is 1. The van der Waals surface area contributed by atoms with E-state index in [4.69, 9.17) is 10.5 Å². The van der Waals surface area contributed by atoms with Gasteiger partial charge in [0, 0.05) is 12.8 Å². The van der Waals surface area contributed by atoms with E-state index in [0.717, 1.165) is 10.0 Å². The molecule has 5 nitrogen and oxygen atoms in total. The summed E-state index contributed by atoms with van der Waals surface area (Å²) in [6, 6.07) is 7.19. The number of nitrogens with two attached hydrogens (primary N) is 1. The summed E-state index contributed by atoms with van der Waals surface area (Å²) in [5.41, 5.74) is 7.79. The van der Waals surface area contributed by atoms with Gasteiger partial charge in [0.05, 0.1) is 29.5 Å². The van der Waals surface area contributed by atoms with Crippen LogP contribution in [0, 0.1) is 0 Å². The van der Waals surface area contributed by atoms with Crippen LogP contribution in [0.4, 0.5) is 5.69 Å². The van der Waals surface area contributed by atoms with Crippen molar-refractivity contribution in [3.63, 3.8) is 0 Å². The minimum absolute atomic E-state index is 0.533. The molecule has 0 fully saturated rings. The molecule has 1 atom stereocenters. The number of nitrogen functional groups attached to an aromatic ring is 1. The van der Waals surface area contributed by atoms with Crippen molar-refractivity contribution in [1.29, 1.82) is 0 Å². The number of aromatic nitrogens is 2. The fourth-order valence-electron chi connectivity index (χ4n) is 1.89. The number of halogens is 1. The minimum atomic E-state index is -0.780. The molecule has 0 radical (unpaired) electrons. The van der Waals surface area contributed by atoms with Crippen molar-refractivity contribution in [2.45, 2.75) is 12.6 Å². The van der Waals surface area contributed by atoms with Gasteiger partial charge in [0.2, 0.25) is 0 Å². The number of anilines is 1. The summed E-state index contributed by atoms with van der Waals surface area (Å²) in [4.78, 5) is 0. The minimum Gasteiger partial charge on any atom is -0.399 e. The van der Waals surface area contributed by atoms with Gasteiger partial charge in [-0.15, -0.1) is 0 Å². The van der Waals surface area contributed by atoms with Gasteiger partial charge >= 0.3 is 0 Å². The third kappa shape index (κ3) is 3.15. The second kappa shape index (κ2) is 6.18. The van der Waals surface area contributed by atoms with Gasteiger partial charge < -0.3 is 15.6 Å². The molecule has 0 aliphatic carbocycles. The largest absolute Gasteiger partial charge is 0.399 e. The molecule has 0 saturated carbocycles. The Morgan fingerprint density at radius 3 is 3.00 bits per heavy atom. The lowest BCUT2D eigenvalue weighted by Gasteiger charge is -2.15. The van der Waals surface area contributed by atoms with Crippen LogP contribution in [0.15, 0.2) is 34.9 Å². The summed E-state index contributed by atoms with van der Waals surface area (Å²) in [5.74, 6) is 0. The molecule has 19 heavy (non-hydrogen) atoms. The molecule has 1 unspecified atom stereocenters. The van der Waals surface area contributed by atoms with Gasteiger partial charge in [-0.3, -0.25) is 4.68 Å². The molecule has 0 saturated heterocycles. The molecule has 2 rings (SSSR count). The summed E-state index contributed by atoms with van der Waals surface area (Å²) >= 11 is 3.41. The van der Waals surface area contributed by atoms with Crippen molar-refractivity contribution >= 4 is 21.6 Å². The maximum atomic E-state index is 10.5. The van der Waals surface area contributed by atoms with Crippen LogP contribution >= 0.6 is 15.9 Å². The van der Waals surface area contributed by atoms with Crippen LogP contribution in [-0.4, -0.2) is 28.6 Å². The van der Waals surface area contributed by atoms with E-state index in [1.807, 2.05) is 12.1 Å². The normalized spacial score (nSPS) is 12.6. The lowest BCUT2D eigenvalue weighted by atomic mass is 10.1. The van der Waals surface area contributed by atoms with Crippen LogP contribution in [0.5, 0.6) is 0 Å². The highest BCUT2D eigenvalue weighted by atomic mass is 79.9. The molecule has 1 heterocycles. The van der Waals surface area contributed by atoms with Crippen molar-refractivity contribution in [1.82, 2.24) is 9.78 Å².